The van der Waals surface area contributed by atoms with Gasteiger partial charge in [0, 0.05) is 39.4 Å². The summed E-state index contributed by atoms with van der Waals surface area (Å²) < 4.78 is 18.9. The summed E-state index contributed by atoms with van der Waals surface area (Å²) in [7, 11) is 3.29. The Kier molecular flexibility index (Phi) is 6.69. The van der Waals surface area contributed by atoms with Gasteiger partial charge in [0.15, 0.2) is 5.13 Å². The number of methoxy groups -OCH3 is 1. The maximum Gasteiger partial charge on any atom is 0.267 e. The SMILES string of the molecule is CCOc1ccc2nc(N(CCN3CCOCC3)C(=O)c3cn(C)nc3OC)sc2c1. The number of thiazole rings is 1. The highest BCUT2D eigenvalue weighted by atomic mass is 32.1. The first-order valence-corrected chi connectivity index (χ1v) is 11.1. The second-order valence-corrected chi connectivity index (χ2v) is 8.20. The predicted molar refractivity (Wildman–Crippen MR) is 119 cm³/mol. The monoisotopic (exact) mass is 445 g/mol. The van der Waals surface area contributed by atoms with Gasteiger partial charge in [0.25, 0.3) is 5.91 Å². The van der Waals surface area contributed by atoms with Crippen molar-refractivity contribution < 1.29 is 19.0 Å². The van der Waals surface area contributed by atoms with Crippen molar-refractivity contribution in [2.45, 2.75) is 6.92 Å². The minimum absolute atomic E-state index is 0.178. The van der Waals surface area contributed by atoms with Crippen LogP contribution in [0.3, 0.4) is 0 Å². The van der Waals surface area contributed by atoms with Crippen LogP contribution in [-0.2, 0) is 11.8 Å². The fourth-order valence-electron chi connectivity index (χ4n) is 3.53. The van der Waals surface area contributed by atoms with Gasteiger partial charge in [-0.15, -0.1) is 5.10 Å². The van der Waals surface area contributed by atoms with E-state index in [0.717, 1.165) is 35.6 Å². The molecule has 2 aromatic heterocycles. The van der Waals surface area contributed by atoms with Crippen LogP contribution < -0.4 is 14.4 Å². The van der Waals surface area contributed by atoms with Crippen LogP contribution in [0.5, 0.6) is 11.6 Å². The van der Waals surface area contributed by atoms with Gasteiger partial charge in [-0.05, 0) is 25.1 Å². The maximum absolute atomic E-state index is 13.5. The number of benzene rings is 1. The second kappa shape index (κ2) is 9.63. The molecule has 0 unspecified atom stereocenters. The molecule has 1 aliphatic heterocycles. The summed E-state index contributed by atoms with van der Waals surface area (Å²) in [5.41, 5.74) is 1.26. The van der Waals surface area contributed by atoms with Crippen LogP contribution in [-0.4, -0.2) is 78.7 Å². The van der Waals surface area contributed by atoms with Gasteiger partial charge >= 0.3 is 0 Å². The zero-order chi connectivity index (χ0) is 21.8. The Labute approximate surface area is 185 Å². The van der Waals surface area contributed by atoms with Gasteiger partial charge in [0.1, 0.15) is 11.3 Å². The van der Waals surface area contributed by atoms with Crippen molar-refractivity contribution in [1.29, 1.82) is 0 Å². The molecule has 1 aromatic carbocycles. The number of aromatic nitrogens is 3. The molecular formula is C21H27N5O4S. The molecule has 1 aliphatic rings. The molecule has 1 amide bonds. The van der Waals surface area contributed by atoms with E-state index in [-0.39, 0.29) is 5.91 Å². The molecule has 0 atom stereocenters. The molecule has 0 bridgehead atoms. The number of carbonyl (C=O) groups excluding carboxylic acids is 1. The third-order valence-electron chi connectivity index (χ3n) is 5.10. The number of hydrogen-bond acceptors (Lipinski definition) is 8. The molecule has 10 heteroatoms. The predicted octanol–water partition coefficient (Wildman–Crippen LogP) is 2.42. The van der Waals surface area contributed by atoms with Crippen LogP contribution in [0.15, 0.2) is 24.4 Å². The summed E-state index contributed by atoms with van der Waals surface area (Å²) >= 11 is 1.48. The molecule has 4 rings (SSSR count). The number of nitrogens with zero attached hydrogens (tertiary/aromatic N) is 5. The Morgan fingerprint density at radius 1 is 1.32 bits per heavy atom. The standard InChI is InChI=1S/C21H27N5O4S/c1-4-30-15-5-6-17-18(13-15)31-21(22-17)26(8-7-25-9-11-29-12-10-25)20(27)16-14-24(2)23-19(16)28-3/h5-6,13-14H,4,7-12H2,1-3H3. The molecule has 1 fully saturated rings. The van der Waals surface area contributed by atoms with Crippen molar-refractivity contribution in [3.05, 3.63) is 30.0 Å². The molecule has 166 valence electrons. The fraction of sp³-hybridized carbons (Fsp3) is 0.476. The van der Waals surface area contributed by atoms with E-state index in [4.69, 9.17) is 19.2 Å². The molecule has 31 heavy (non-hydrogen) atoms. The maximum atomic E-state index is 13.5. The van der Waals surface area contributed by atoms with E-state index in [2.05, 4.69) is 10.00 Å². The van der Waals surface area contributed by atoms with E-state index >= 15 is 0 Å². The Hall–Kier alpha value is -2.69. The lowest BCUT2D eigenvalue weighted by Gasteiger charge is -2.29. The van der Waals surface area contributed by atoms with Crippen LogP contribution in [0.4, 0.5) is 5.13 Å². The number of anilines is 1. The van der Waals surface area contributed by atoms with Gasteiger partial charge in [0.05, 0.1) is 37.1 Å². The Balaban J connectivity index is 1.65. The van der Waals surface area contributed by atoms with Crippen LogP contribution in [0.25, 0.3) is 10.2 Å². The molecule has 0 N–H and O–H groups in total. The lowest BCUT2D eigenvalue weighted by Crippen LogP contribution is -2.43. The lowest BCUT2D eigenvalue weighted by molar-refractivity contribution is 0.0391. The highest BCUT2D eigenvalue weighted by Crippen LogP contribution is 2.33. The number of amides is 1. The Morgan fingerprint density at radius 3 is 2.87 bits per heavy atom. The normalized spacial score (nSPS) is 14.7. The largest absolute Gasteiger partial charge is 0.494 e. The Bertz CT molecular complexity index is 1040. The van der Waals surface area contributed by atoms with Crippen molar-refractivity contribution in [2.24, 2.45) is 7.05 Å². The van der Waals surface area contributed by atoms with Crippen molar-refractivity contribution in [2.75, 3.05) is 58.0 Å². The smallest absolute Gasteiger partial charge is 0.267 e. The number of morpholine rings is 1. The van der Waals surface area contributed by atoms with Crippen molar-refractivity contribution in [3.8, 4) is 11.6 Å². The van der Waals surface area contributed by atoms with E-state index in [0.29, 0.717) is 42.9 Å². The van der Waals surface area contributed by atoms with Gasteiger partial charge in [-0.25, -0.2) is 4.98 Å². The first-order chi connectivity index (χ1) is 15.1. The summed E-state index contributed by atoms with van der Waals surface area (Å²) in [4.78, 5) is 22.3. The van der Waals surface area contributed by atoms with E-state index < -0.39 is 0 Å². The average Bonchev–Trinajstić information content (AvgIpc) is 3.37. The molecule has 1 saturated heterocycles. The first kappa shape index (κ1) is 21.5. The van der Waals surface area contributed by atoms with Gasteiger partial charge in [0.2, 0.25) is 5.88 Å². The number of carbonyl (C=O) groups is 1. The van der Waals surface area contributed by atoms with Crippen molar-refractivity contribution in [1.82, 2.24) is 19.7 Å². The van der Waals surface area contributed by atoms with Gasteiger partial charge in [-0.3, -0.25) is 19.3 Å². The third kappa shape index (κ3) is 4.81. The quantitative estimate of drug-likeness (QED) is 0.527. The van der Waals surface area contributed by atoms with Crippen molar-refractivity contribution >= 4 is 32.6 Å². The number of fused-ring (bicyclic) bond motifs is 1. The number of hydrogen-bond donors (Lipinski definition) is 0. The van der Waals surface area contributed by atoms with Gasteiger partial charge in [-0.2, -0.15) is 0 Å². The highest BCUT2D eigenvalue weighted by Gasteiger charge is 2.27. The second-order valence-electron chi connectivity index (χ2n) is 7.20. The molecule has 0 spiro atoms. The summed E-state index contributed by atoms with van der Waals surface area (Å²) in [6, 6.07) is 5.80. The van der Waals surface area contributed by atoms with E-state index in [1.807, 2.05) is 25.1 Å². The lowest BCUT2D eigenvalue weighted by atomic mass is 10.3. The summed E-state index contributed by atoms with van der Waals surface area (Å²) in [6.07, 6.45) is 1.68. The van der Waals surface area contributed by atoms with E-state index in [1.165, 1.54) is 18.4 Å². The van der Waals surface area contributed by atoms with Gasteiger partial charge in [-0.1, -0.05) is 11.3 Å². The Morgan fingerprint density at radius 2 is 2.13 bits per heavy atom. The molecule has 3 heterocycles. The first-order valence-electron chi connectivity index (χ1n) is 10.3. The van der Waals surface area contributed by atoms with Crippen LogP contribution >= 0.6 is 11.3 Å². The molecule has 0 aliphatic carbocycles. The summed E-state index contributed by atoms with van der Waals surface area (Å²) in [6.45, 7) is 6.94. The molecular weight excluding hydrogens is 418 g/mol. The molecule has 9 nitrogen and oxygen atoms in total. The zero-order valence-corrected chi connectivity index (χ0v) is 18.9. The minimum Gasteiger partial charge on any atom is -0.494 e. The highest BCUT2D eigenvalue weighted by molar-refractivity contribution is 7.22. The van der Waals surface area contributed by atoms with Crippen LogP contribution in [0, 0.1) is 0 Å². The van der Waals surface area contributed by atoms with Gasteiger partial charge < -0.3 is 14.2 Å². The minimum atomic E-state index is -0.178. The van der Waals surface area contributed by atoms with E-state index in [9.17, 15) is 4.79 Å². The van der Waals surface area contributed by atoms with E-state index in [1.54, 1.807) is 22.8 Å². The number of aryl methyl sites for hydroxylation is 1. The fourth-order valence-corrected chi connectivity index (χ4v) is 4.54. The number of rotatable bonds is 8. The zero-order valence-electron chi connectivity index (χ0n) is 18.0. The summed E-state index contributed by atoms with van der Waals surface area (Å²) in [5.74, 6) is 0.927. The third-order valence-corrected chi connectivity index (χ3v) is 6.14. The number of ether oxygens (including phenoxy) is 3. The molecule has 0 radical (unpaired) electrons. The average molecular weight is 446 g/mol. The summed E-state index contributed by atoms with van der Waals surface area (Å²) in [5, 5.41) is 4.88. The topological polar surface area (TPSA) is 82.0 Å². The molecule has 3 aromatic rings. The van der Waals surface area contributed by atoms with Crippen LogP contribution in [0.1, 0.15) is 17.3 Å². The van der Waals surface area contributed by atoms with Crippen LogP contribution in [0.2, 0.25) is 0 Å². The van der Waals surface area contributed by atoms with Crippen molar-refractivity contribution in [3.63, 3.8) is 0 Å². The molecule has 0 saturated carbocycles.